The molecule has 0 amide bonds. The van der Waals surface area contributed by atoms with Crippen molar-refractivity contribution < 1.29 is 15.0 Å². The van der Waals surface area contributed by atoms with Crippen molar-refractivity contribution in [2.24, 2.45) is 5.41 Å². The van der Waals surface area contributed by atoms with Gasteiger partial charge in [0.1, 0.15) is 0 Å². The number of aliphatic hydroxyl groups excluding tert-OH is 1. The van der Waals surface area contributed by atoms with Crippen LogP contribution in [0.4, 0.5) is 0 Å². The van der Waals surface area contributed by atoms with Crippen LogP contribution in [0, 0.1) is 5.41 Å². The van der Waals surface area contributed by atoms with Crippen LogP contribution in [0.1, 0.15) is 142 Å². The number of aliphatic hydroxyl groups is 1. The van der Waals surface area contributed by atoms with E-state index in [1.807, 2.05) is 30.3 Å². The van der Waals surface area contributed by atoms with E-state index in [0.29, 0.717) is 19.3 Å². The lowest BCUT2D eigenvalue weighted by molar-refractivity contribution is -0.145. The lowest BCUT2D eigenvalue weighted by Crippen LogP contribution is -2.39. The van der Waals surface area contributed by atoms with E-state index in [1.165, 1.54) is 70.6 Å². The molecule has 0 saturated carbocycles. The number of rotatable bonds is 20. The number of carboxylic acids is 1. The fourth-order valence-electron chi connectivity index (χ4n) is 5.31. The third kappa shape index (κ3) is 12.9. The van der Waals surface area contributed by atoms with Gasteiger partial charge in [0.05, 0.1) is 11.5 Å². The first-order chi connectivity index (χ1) is 16.2. The SMILES string of the molecule is CCCCCCCCCCCCCCC(O)CCCC(CC(C)(C)C)(C(=O)O)c1ccccc1. The molecule has 34 heavy (non-hydrogen) atoms. The number of hydrogen-bond acceptors (Lipinski definition) is 2. The second-order valence-electron chi connectivity index (χ2n) is 11.7. The highest BCUT2D eigenvalue weighted by molar-refractivity contribution is 5.81. The Balaban J connectivity index is 2.30. The summed E-state index contributed by atoms with van der Waals surface area (Å²) in [7, 11) is 0. The number of hydrogen-bond donors (Lipinski definition) is 2. The van der Waals surface area contributed by atoms with Crippen molar-refractivity contribution in [1.82, 2.24) is 0 Å². The molecule has 0 spiro atoms. The maximum absolute atomic E-state index is 12.5. The Hall–Kier alpha value is -1.35. The Labute approximate surface area is 210 Å². The molecule has 1 rings (SSSR count). The van der Waals surface area contributed by atoms with E-state index < -0.39 is 11.4 Å². The molecule has 196 valence electrons. The maximum Gasteiger partial charge on any atom is 0.314 e. The van der Waals surface area contributed by atoms with Gasteiger partial charge in [-0.15, -0.1) is 0 Å². The number of unbranched alkanes of at least 4 members (excludes halogenated alkanes) is 11. The van der Waals surface area contributed by atoms with Crippen molar-refractivity contribution in [2.45, 2.75) is 148 Å². The van der Waals surface area contributed by atoms with Gasteiger partial charge in [0.15, 0.2) is 0 Å². The zero-order chi connectivity index (χ0) is 25.3. The Bertz CT molecular complexity index is 634. The van der Waals surface area contributed by atoms with Crippen LogP contribution >= 0.6 is 0 Å². The maximum atomic E-state index is 12.5. The predicted molar refractivity (Wildman–Crippen MR) is 145 cm³/mol. The topological polar surface area (TPSA) is 57.5 Å². The number of carbonyl (C=O) groups is 1. The molecule has 0 aromatic heterocycles. The molecule has 0 radical (unpaired) electrons. The van der Waals surface area contributed by atoms with Crippen LogP contribution in [0.3, 0.4) is 0 Å². The third-order valence-corrected chi connectivity index (χ3v) is 7.10. The van der Waals surface area contributed by atoms with E-state index in [0.717, 1.165) is 24.8 Å². The molecule has 0 aliphatic carbocycles. The van der Waals surface area contributed by atoms with Crippen molar-refractivity contribution in [3.8, 4) is 0 Å². The molecule has 0 saturated heterocycles. The molecule has 2 N–H and O–H groups in total. The Morgan fingerprint density at radius 1 is 0.765 bits per heavy atom. The Kier molecular flexibility index (Phi) is 15.5. The van der Waals surface area contributed by atoms with Crippen LogP contribution in [0.5, 0.6) is 0 Å². The summed E-state index contributed by atoms with van der Waals surface area (Å²) in [4.78, 5) is 12.5. The van der Waals surface area contributed by atoms with Crippen molar-refractivity contribution in [1.29, 1.82) is 0 Å². The first-order valence-corrected chi connectivity index (χ1v) is 14.2. The lowest BCUT2D eigenvalue weighted by atomic mass is 9.67. The molecule has 2 atom stereocenters. The van der Waals surface area contributed by atoms with Gasteiger partial charge in [-0.3, -0.25) is 4.79 Å². The largest absolute Gasteiger partial charge is 0.481 e. The van der Waals surface area contributed by atoms with Gasteiger partial charge in [0, 0.05) is 0 Å². The van der Waals surface area contributed by atoms with Crippen LogP contribution in [-0.2, 0) is 10.2 Å². The van der Waals surface area contributed by atoms with Gasteiger partial charge in [-0.05, 0) is 43.1 Å². The number of aliphatic carboxylic acids is 1. The van der Waals surface area contributed by atoms with Crippen LogP contribution in [-0.4, -0.2) is 22.3 Å². The van der Waals surface area contributed by atoms with E-state index in [2.05, 4.69) is 27.7 Å². The summed E-state index contributed by atoms with van der Waals surface area (Å²) < 4.78 is 0. The molecular formula is C31H54O3. The summed E-state index contributed by atoms with van der Waals surface area (Å²) in [5, 5.41) is 20.8. The Morgan fingerprint density at radius 2 is 1.24 bits per heavy atom. The third-order valence-electron chi connectivity index (χ3n) is 7.10. The van der Waals surface area contributed by atoms with Gasteiger partial charge in [0.25, 0.3) is 0 Å². The molecule has 0 heterocycles. The highest BCUT2D eigenvalue weighted by Crippen LogP contribution is 2.41. The monoisotopic (exact) mass is 474 g/mol. The summed E-state index contributed by atoms with van der Waals surface area (Å²) in [6, 6.07) is 9.69. The van der Waals surface area contributed by atoms with Crippen molar-refractivity contribution in [2.75, 3.05) is 0 Å². The highest BCUT2D eigenvalue weighted by Gasteiger charge is 2.42. The standard InChI is InChI=1S/C31H54O3/c1-5-6-7-8-9-10-11-12-13-14-15-19-23-28(32)24-20-25-31(29(33)34,26-30(2,3)4)27-21-17-16-18-22-27/h16-18,21-22,28,32H,5-15,19-20,23-26H2,1-4H3,(H,33,34). The molecular weight excluding hydrogens is 420 g/mol. The highest BCUT2D eigenvalue weighted by atomic mass is 16.4. The number of carboxylic acid groups (broad SMARTS) is 1. The fraction of sp³-hybridized carbons (Fsp3) is 0.774. The quantitative estimate of drug-likeness (QED) is 0.185. The minimum absolute atomic E-state index is 0.0953. The lowest BCUT2D eigenvalue weighted by Gasteiger charge is -2.36. The molecule has 0 aliphatic rings. The molecule has 0 bridgehead atoms. The summed E-state index contributed by atoms with van der Waals surface area (Å²) in [5.74, 6) is -0.746. The van der Waals surface area contributed by atoms with Crippen molar-refractivity contribution in [3.05, 3.63) is 35.9 Å². The molecule has 0 fully saturated rings. The second-order valence-corrected chi connectivity index (χ2v) is 11.7. The average molecular weight is 475 g/mol. The fourth-order valence-corrected chi connectivity index (χ4v) is 5.31. The van der Waals surface area contributed by atoms with Gasteiger partial charge in [-0.2, -0.15) is 0 Å². The number of benzene rings is 1. The normalized spacial score (nSPS) is 14.6. The first-order valence-electron chi connectivity index (χ1n) is 14.2. The minimum atomic E-state index is -0.894. The Morgan fingerprint density at radius 3 is 1.71 bits per heavy atom. The molecule has 1 aromatic rings. The average Bonchev–Trinajstić information content (AvgIpc) is 2.78. The summed E-state index contributed by atoms with van der Waals surface area (Å²) in [5.41, 5.74) is -0.107. The molecule has 1 aromatic carbocycles. The van der Waals surface area contributed by atoms with Crippen LogP contribution in [0.2, 0.25) is 0 Å². The van der Waals surface area contributed by atoms with Crippen molar-refractivity contribution >= 4 is 5.97 Å². The molecule has 2 unspecified atom stereocenters. The minimum Gasteiger partial charge on any atom is -0.481 e. The van der Waals surface area contributed by atoms with E-state index in [4.69, 9.17) is 0 Å². The molecule has 3 nitrogen and oxygen atoms in total. The summed E-state index contributed by atoms with van der Waals surface area (Å²) >= 11 is 0. The van der Waals surface area contributed by atoms with Gasteiger partial charge in [-0.25, -0.2) is 0 Å². The smallest absolute Gasteiger partial charge is 0.314 e. The van der Waals surface area contributed by atoms with Crippen LogP contribution in [0.25, 0.3) is 0 Å². The van der Waals surface area contributed by atoms with Gasteiger partial charge in [-0.1, -0.05) is 135 Å². The second kappa shape index (κ2) is 17.1. The zero-order valence-corrected chi connectivity index (χ0v) is 22.8. The van der Waals surface area contributed by atoms with Crippen LogP contribution < -0.4 is 0 Å². The summed E-state index contributed by atoms with van der Waals surface area (Å²) in [6.07, 6.45) is 19.0. The molecule has 3 heteroatoms. The van der Waals surface area contributed by atoms with Gasteiger partial charge < -0.3 is 10.2 Å². The summed E-state index contributed by atoms with van der Waals surface area (Å²) in [6.45, 7) is 8.59. The predicted octanol–water partition coefficient (Wildman–Crippen LogP) is 9.07. The van der Waals surface area contributed by atoms with E-state index in [-0.39, 0.29) is 11.5 Å². The van der Waals surface area contributed by atoms with E-state index in [9.17, 15) is 15.0 Å². The first kappa shape index (κ1) is 30.7. The van der Waals surface area contributed by atoms with Crippen LogP contribution in [0.15, 0.2) is 30.3 Å². The van der Waals surface area contributed by atoms with Gasteiger partial charge >= 0.3 is 5.97 Å². The zero-order valence-electron chi connectivity index (χ0n) is 22.8. The molecule has 0 aliphatic heterocycles. The van der Waals surface area contributed by atoms with Gasteiger partial charge in [0.2, 0.25) is 0 Å². The van der Waals surface area contributed by atoms with E-state index >= 15 is 0 Å². The van der Waals surface area contributed by atoms with Crippen molar-refractivity contribution in [3.63, 3.8) is 0 Å². The van der Waals surface area contributed by atoms with E-state index in [1.54, 1.807) is 0 Å².